The van der Waals surface area contributed by atoms with Gasteiger partial charge < -0.3 is 15.4 Å². The quantitative estimate of drug-likeness (QED) is 0.269. The van der Waals surface area contributed by atoms with Gasteiger partial charge in [-0.15, -0.1) is 11.3 Å². The number of pyridine rings is 1. The van der Waals surface area contributed by atoms with Crippen LogP contribution in [0.3, 0.4) is 0 Å². The molecule has 2 amide bonds. The third-order valence-corrected chi connectivity index (χ3v) is 9.41. The monoisotopic (exact) mass is 604 g/mol. The van der Waals surface area contributed by atoms with E-state index in [-0.39, 0.29) is 17.2 Å². The molecule has 218 valence electrons. The molecule has 4 aromatic rings. The van der Waals surface area contributed by atoms with E-state index in [0.717, 1.165) is 21.6 Å². The van der Waals surface area contributed by atoms with Gasteiger partial charge in [-0.1, -0.05) is 48.5 Å². The number of nitrogens with one attached hydrogen (secondary N) is 2. The molecule has 2 N–H and O–H groups in total. The first-order valence-electron chi connectivity index (χ1n) is 13.5. The number of carbonyl (C=O) groups excluding carboxylic acids is 2. The van der Waals surface area contributed by atoms with Gasteiger partial charge in [-0.25, -0.2) is 22.5 Å². The second-order valence-electron chi connectivity index (χ2n) is 10.8. The van der Waals surface area contributed by atoms with Gasteiger partial charge in [0.1, 0.15) is 17.5 Å². The molecule has 0 saturated heterocycles. The smallest absolute Gasteiger partial charge is 0.408 e. The lowest BCUT2D eigenvalue weighted by molar-refractivity contribution is -0.118. The Labute approximate surface area is 249 Å². The maximum atomic E-state index is 13.4. The Morgan fingerprint density at radius 1 is 1.00 bits per heavy atom. The number of alkyl carbamates (subject to hydrolysis) is 1. The van der Waals surface area contributed by atoms with E-state index in [1.807, 2.05) is 42.5 Å². The Morgan fingerprint density at radius 3 is 2.38 bits per heavy atom. The molecular formula is C31H32N4O5S2. The van der Waals surface area contributed by atoms with Crippen molar-refractivity contribution in [3.8, 4) is 10.4 Å². The summed E-state index contributed by atoms with van der Waals surface area (Å²) in [4.78, 5) is 31.4. The van der Waals surface area contributed by atoms with E-state index >= 15 is 0 Å². The molecule has 1 aliphatic heterocycles. The van der Waals surface area contributed by atoms with Crippen LogP contribution in [-0.4, -0.2) is 43.6 Å². The molecule has 2 aromatic heterocycles. The van der Waals surface area contributed by atoms with Crippen LogP contribution in [-0.2, 0) is 32.4 Å². The fraction of sp³-hybridized carbons (Fsp3) is 0.258. The first-order chi connectivity index (χ1) is 20.0. The number of fused-ring (bicyclic) bond motifs is 1. The minimum absolute atomic E-state index is 0.219. The third kappa shape index (κ3) is 6.63. The van der Waals surface area contributed by atoms with Crippen LogP contribution in [0.2, 0.25) is 0 Å². The van der Waals surface area contributed by atoms with E-state index in [9.17, 15) is 18.0 Å². The zero-order chi connectivity index (χ0) is 29.9. The van der Waals surface area contributed by atoms with Gasteiger partial charge in [0.25, 0.3) is 10.0 Å². The number of anilines is 2. The SMILES string of the molecule is CC(C)(C)OC(=O)NC(Cc1ccccc1)C(=O)Nc1ccc(-c2ccnc3c2CCN3S(=O)(=O)c2ccccc2)s1. The van der Waals surface area contributed by atoms with Crippen LogP contribution >= 0.6 is 11.3 Å². The van der Waals surface area contributed by atoms with Crippen LogP contribution in [0.1, 0.15) is 31.9 Å². The lowest BCUT2D eigenvalue weighted by atomic mass is 10.1. The van der Waals surface area contributed by atoms with Crippen LogP contribution in [0.25, 0.3) is 10.4 Å². The molecule has 1 atom stereocenters. The van der Waals surface area contributed by atoms with Crippen molar-refractivity contribution in [3.05, 3.63) is 96.2 Å². The number of benzene rings is 2. The first kappa shape index (κ1) is 29.3. The molecule has 0 bridgehead atoms. The number of carbonyl (C=O) groups is 2. The second-order valence-corrected chi connectivity index (χ2v) is 13.8. The van der Waals surface area contributed by atoms with Gasteiger partial charge in [-0.2, -0.15) is 0 Å². The molecule has 0 fully saturated rings. The fourth-order valence-electron chi connectivity index (χ4n) is 4.71. The van der Waals surface area contributed by atoms with E-state index in [4.69, 9.17) is 4.74 Å². The predicted octanol–water partition coefficient (Wildman–Crippen LogP) is 5.64. The van der Waals surface area contributed by atoms with Crippen molar-refractivity contribution in [3.63, 3.8) is 0 Å². The molecule has 9 nitrogen and oxygen atoms in total. The zero-order valence-electron chi connectivity index (χ0n) is 23.5. The molecule has 1 unspecified atom stereocenters. The Kier molecular flexibility index (Phi) is 8.33. The van der Waals surface area contributed by atoms with Gasteiger partial charge in [0, 0.05) is 35.2 Å². The Morgan fingerprint density at radius 2 is 1.69 bits per heavy atom. The molecule has 3 heterocycles. The average Bonchev–Trinajstić information content (AvgIpc) is 3.60. The third-order valence-electron chi connectivity index (χ3n) is 6.57. The lowest BCUT2D eigenvalue weighted by Crippen LogP contribution is -2.47. The number of hydrogen-bond donors (Lipinski definition) is 2. The summed E-state index contributed by atoms with van der Waals surface area (Å²) in [7, 11) is -3.75. The van der Waals surface area contributed by atoms with Gasteiger partial charge in [0.05, 0.1) is 9.90 Å². The summed E-state index contributed by atoms with van der Waals surface area (Å²) in [6.45, 7) is 5.58. The maximum absolute atomic E-state index is 13.4. The minimum atomic E-state index is -3.75. The first-order valence-corrected chi connectivity index (χ1v) is 15.8. The summed E-state index contributed by atoms with van der Waals surface area (Å²) < 4.78 is 33.4. The van der Waals surface area contributed by atoms with Gasteiger partial charge in [0.15, 0.2) is 0 Å². The Balaban J connectivity index is 1.35. The molecule has 5 rings (SSSR count). The van der Waals surface area contributed by atoms with E-state index in [1.165, 1.54) is 15.6 Å². The van der Waals surface area contributed by atoms with Gasteiger partial charge in [-0.3, -0.25) is 4.79 Å². The topological polar surface area (TPSA) is 118 Å². The number of thiophene rings is 1. The summed E-state index contributed by atoms with van der Waals surface area (Å²) in [6.07, 6.45) is 1.73. The number of hydrogen-bond acceptors (Lipinski definition) is 7. The zero-order valence-corrected chi connectivity index (χ0v) is 25.2. The fourth-order valence-corrected chi connectivity index (χ4v) is 7.15. The number of sulfonamides is 1. The Hall–Kier alpha value is -4.22. The number of amides is 2. The number of nitrogens with zero attached hydrogens (tertiary/aromatic N) is 2. The Bertz CT molecular complexity index is 1680. The summed E-state index contributed by atoms with van der Waals surface area (Å²) >= 11 is 1.37. The molecule has 42 heavy (non-hydrogen) atoms. The van der Waals surface area contributed by atoms with Crippen LogP contribution in [0.4, 0.5) is 15.6 Å². The van der Waals surface area contributed by atoms with Crippen molar-refractivity contribution in [1.29, 1.82) is 0 Å². The van der Waals surface area contributed by atoms with Crippen molar-refractivity contribution in [2.45, 2.75) is 50.2 Å². The van der Waals surface area contributed by atoms with E-state index in [1.54, 1.807) is 63.4 Å². The largest absolute Gasteiger partial charge is 0.444 e. The summed E-state index contributed by atoms with van der Waals surface area (Å²) in [6, 6.07) is 22.4. The lowest BCUT2D eigenvalue weighted by Gasteiger charge is -2.23. The van der Waals surface area contributed by atoms with E-state index in [2.05, 4.69) is 15.6 Å². The minimum Gasteiger partial charge on any atom is -0.444 e. The van der Waals surface area contributed by atoms with Crippen LogP contribution in [0.5, 0.6) is 0 Å². The van der Waals surface area contributed by atoms with Crippen LogP contribution < -0.4 is 14.9 Å². The second kappa shape index (κ2) is 11.9. The van der Waals surface area contributed by atoms with E-state index in [0.29, 0.717) is 23.8 Å². The van der Waals surface area contributed by atoms with Crippen LogP contribution in [0.15, 0.2) is 90.0 Å². The van der Waals surface area contributed by atoms with Crippen molar-refractivity contribution < 1.29 is 22.7 Å². The average molecular weight is 605 g/mol. The molecule has 1 aliphatic rings. The van der Waals surface area contributed by atoms with Gasteiger partial charge in [-0.05, 0) is 63.1 Å². The normalized spacial score (nSPS) is 13.7. The van der Waals surface area contributed by atoms with Gasteiger partial charge in [0.2, 0.25) is 5.91 Å². The number of aromatic nitrogens is 1. The molecule has 0 spiro atoms. The van der Waals surface area contributed by atoms with Crippen LogP contribution in [0, 0.1) is 0 Å². The highest BCUT2D eigenvalue weighted by Crippen LogP contribution is 2.40. The number of rotatable bonds is 8. The maximum Gasteiger partial charge on any atom is 0.408 e. The predicted molar refractivity (Wildman–Crippen MR) is 164 cm³/mol. The van der Waals surface area contributed by atoms with Crippen molar-refractivity contribution in [2.75, 3.05) is 16.2 Å². The van der Waals surface area contributed by atoms with Crippen molar-refractivity contribution in [2.24, 2.45) is 0 Å². The van der Waals surface area contributed by atoms with Crippen molar-refractivity contribution in [1.82, 2.24) is 10.3 Å². The summed E-state index contributed by atoms with van der Waals surface area (Å²) in [5.74, 6) is 0.0398. The summed E-state index contributed by atoms with van der Waals surface area (Å²) in [5.41, 5.74) is 1.89. The standard InChI is InChI=1S/C31H32N4O5S2/c1-31(2,3)40-30(37)33-25(20-21-10-6-4-7-11-21)29(36)34-27-15-14-26(41-27)23-16-18-32-28-24(23)17-19-35(28)42(38,39)22-12-8-5-9-13-22/h4-16,18,25H,17,19-20H2,1-3H3,(H,33,37)(H,34,36). The highest BCUT2D eigenvalue weighted by atomic mass is 32.2. The van der Waals surface area contributed by atoms with E-state index < -0.39 is 27.8 Å². The number of ether oxygens (including phenoxy) is 1. The molecule has 2 aromatic carbocycles. The molecule has 0 aliphatic carbocycles. The van der Waals surface area contributed by atoms with Crippen molar-refractivity contribution >= 4 is 44.2 Å². The highest BCUT2D eigenvalue weighted by Gasteiger charge is 2.34. The summed E-state index contributed by atoms with van der Waals surface area (Å²) in [5, 5.41) is 6.23. The molecule has 11 heteroatoms. The highest BCUT2D eigenvalue weighted by molar-refractivity contribution is 7.92. The molecule has 0 radical (unpaired) electrons. The molecule has 0 saturated carbocycles. The molecular weight excluding hydrogens is 572 g/mol. The van der Waals surface area contributed by atoms with Gasteiger partial charge >= 0.3 is 6.09 Å².